The van der Waals surface area contributed by atoms with Gasteiger partial charge in [-0.05, 0) is 80.7 Å². The van der Waals surface area contributed by atoms with Crippen LogP contribution in [-0.4, -0.2) is 65.2 Å². The predicted molar refractivity (Wildman–Crippen MR) is 126 cm³/mol. The maximum Gasteiger partial charge on any atom is 0.490 e. The highest BCUT2D eigenvalue weighted by Crippen LogP contribution is 2.30. The topological polar surface area (TPSA) is 70.1 Å². The lowest BCUT2D eigenvalue weighted by Gasteiger charge is -2.28. The summed E-state index contributed by atoms with van der Waals surface area (Å²) in [6, 6.07) is 12.2. The fourth-order valence-corrected chi connectivity index (χ4v) is 4.42. The summed E-state index contributed by atoms with van der Waals surface area (Å²) in [4.78, 5) is 26.3. The summed E-state index contributed by atoms with van der Waals surface area (Å²) in [5, 5.41) is 7.12. The van der Waals surface area contributed by atoms with Crippen molar-refractivity contribution in [1.29, 1.82) is 0 Å². The van der Waals surface area contributed by atoms with E-state index in [4.69, 9.17) is 14.6 Å². The lowest BCUT2D eigenvalue weighted by atomic mass is 10.1. The van der Waals surface area contributed by atoms with E-state index in [1.54, 1.807) is 30.3 Å². The van der Waals surface area contributed by atoms with Crippen molar-refractivity contribution in [1.82, 2.24) is 9.80 Å². The van der Waals surface area contributed by atoms with Crippen molar-refractivity contribution in [2.45, 2.75) is 50.7 Å². The number of carboxylic acid groups (broad SMARTS) is 1. The summed E-state index contributed by atoms with van der Waals surface area (Å²) in [5.74, 6) is -2.21. The Hall–Kier alpha value is -3.28. The van der Waals surface area contributed by atoms with Gasteiger partial charge in [0.05, 0.1) is 5.56 Å². The molecular formula is C26H28F6N2O4. The summed E-state index contributed by atoms with van der Waals surface area (Å²) in [7, 11) is 0. The van der Waals surface area contributed by atoms with Gasteiger partial charge in [-0.15, -0.1) is 0 Å². The third kappa shape index (κ3) is 8.37. The molecule has 0 unspecified atom stereocenters. The first-order valence-electron chi connectivity index (χ1n) is 12.1. The summed E-state index contributed by atoms with van der Waals surface area (Å²) in [6.45, 7) is 4.00. The molecule has 2 saturated heterocycles. The van der Waals surface area contributed by atoms with Gasteiger partial charge in [0.1, 0.15) is 12.4 Å². The SMILES string of the molecule is O=C(O)C(F)(F)F.O=C(c1ccc(OCc2cccc(C(F)(F)F)c2)cc1)N1CCC[C@H]1CN1CCCC1. The molecule has 0 bridgehead atoms. The van der Waals surface area contributed by atoms with Crippen LogP contribution in [0.25, 0.3) is 0 Å². The number of halogens is 6. The van der Waals surface area contributed by atoms with Crippen LogP contribution in [0.5, 0.6) is 5.75 Å². The highest BCUT2D eigenvalue weighted by molar-refractivity contribution is 5.94. The first-order chi connectivity index (χ1) is 17.8. The second-order valence-electron chi connectivity index (χ2n) is 9.12. The van der Waals surface area contributed by atoms with Crippen molar-refractivity contribution in [2.75, 3.05) is 26.2 Å². The Balaban J connectivity index is 0.000000505. The third-order valence-corrected chi connectivity index (χ3v) is 6.31. The Morgan fingerprint density at radius 1 is 0.921 bits per heavy atom. The first-order valence-corrected chi connectivity index (χ1v) is 12.1. The second kappa shape index (κ2) is 12.5. The molecule has 1 N–H and O–H groups in total. The molecule has 0 radical (unpaired) electrons. The minimum Gasteiger partial charge on any atom is -0.489 e. The smallest absolute Gasteiger partial charge is 0.489 e. The summed E-state index contributed by atoms with van der Waals surface area (Å²) in [6.07, 6.45) is -4.91. The zero-order valence-electron chi connectivity index (χ0n) is 20.4. The van der Waals surface area contributed by atoms with Crippen LogP contribution >= 0.6 is 0 Å². The number of nitrogens with zero attached hydrogens (tertiary/aromatic N) is 2. The van der Waals surface area contributed by atoms with Gasteiger partial charge >= 0.3 is 18.3 Å². The van der Waals surface area contributed by atoms with Crippen molar-refractivity contribution in [3.8, 4) is 5.75 Å². The molecule has 2 aromatic rings. The summed E-state index contributed by atoms with van der Waals surface area (Å²) in [5.41, 5.74) is 0.361. The molecule has 12 heteroatoms. The average molecular weight is 547 g/mol. The highest BCUT2D eigenvalue weighted by Gasteiger charge is 2.38. The molecule has 6 nitrogen and oxygen atoms in total. The number of aliphatic carboxylic acids is 1. The van der Waals surface area contributed by atoms with Crippen molar-refractivity contribution in [3.63, 3.8) is 0 Å². The molecule has 2 aliphatic rings. The number of carbonyl (C=O) groups is 2. The number of hydrogen-bond acceptors (Lipinski definition) is 4. The maximum atomic E-state index is 13.0. The Bertz CT molecular complexity index is 1080. The van der Waals surface area contributed by atoms with Crippen LogP contribution in [0.1, 0.15) is 47.2 Å². The van der Waals surface area contributed by atoms with Gasteiger partial charge in [-0.25, -0.2) is 4.79 Å². The van der Waals surface area contributed by atoms with Crippen LogP contribution in [0.4, 0.5) is 26.3 Å². The lowest BCUT2D eigenvalue weighted by Crippen LogP contribution is -2.42. The Morgan fingerprint density at radius 2 is 1.55 bits per heavy atom. The third-order valence-electron chi connectivity index (χ3n) is 6.31. The van der Waals surface area contributed by atoms with Crippen LogP contribution in [0, 0.1) is 0 Å². The lowest BCUT2D eigenvalue weighted by molar-refractivity contribution is -0.192. The molecule has 0 aromatic heterocycles. The van der Waals surface area contributed by atoms with E-state index in [-0.39, 0.29) is 18.6 Å². The molecule has 0 spiro atoms. The minimum absolute atomic E-state index is 0.0290. The van der Waals surface area contributed by atoms with Crippen molar-refractivity contribution in [2.24, 2.45) is 0 Å². The van der Waals surface area contributed by atoms with E-state index >= 15 is 0 Å². The molecule has 2 aromatic carbocycles. The van der Waals surface area contributed by atoms with E-state index in [1.807, 2.05) is 4.90 Å². The molecule has 0 aliphatic carbocycles. The van der Waals surface area contributed by atoms with Gasteiger partial charge in [-0.1, -0.05) is 12.1 Å². The van der Waals surface area contributed by atoms with Crippen molar-refractivity contribution in [3.05, 3.63) is 65.2 Å². The fraction of sp³-hybridized carbons (Fsp3) is 0.462. The molecule has 2 heterocycles. The van der Waals surface area contributed by atoms with E-state index in [1.165, 1.54) is 18.9 Å². The number of likely N-dealkylation sites (tertiary alicyclic amines) is 2. The quantitative estimate of drug-likeness (QED) is 0.477. The molecule has 1 amide bonds. The number of rotatable bonds is 6. The van der Waals surface area contributed by atoms with Gasteiger partial charge in [-0.2, -0.15) is 26.3 Å². The Labute approximate surface area is 215 Å². The van der Waals surface area contributed by atoms with Gasteiger partial charge in [0.25, 0.3) is 5.91 Å². The zero-order chi connectivity index (χ0) is 27.9. The minimum atomic E-state index is -5.08. The monoisotopic (exact) mass is 546 g/mol. The molecule has 38 heavy (non-hydrogen) atoms. The van der Waals surface area contributed by atoms with E-state index in [2.05, 4.69) is 4.90 Å². The van der Waals surface area contributed by atoms with Gasteiger partial charge in [0, 0.05) is 24.7 Å². The fourth-order valence-electron chi connectivity index (χ4n) is 4.42. The molecule has 4 rings (SSSR count). The van der Waals surface area contributed by atoms with Gasteiger partial charge < -0.3 is 19.6 Å². The van der Waals surface area contributed by atoms with Crippen LogP contribution in [0.3, 0.4) is 0 Å². The molecule has 1 atom stereocenters. The molecule has 2 aliphatic heterocycles. The Kier molecular flexibility index (Phi) is 9.64. The standard InChI is InChI=1S/C24H27F3N2O2.C2HF3O2/c25-24(26,27)20-6-3-5-18(15-20)17-31-22-10-8-19(9-11-22)23(30)29-14-4-7-21(29)16-28-12-1-2-13-28;3-2(4,5)1(6)7/h3,5-6,8-11,15,21H,1-2,4,7,12-14,16-17H2;(H,6,7)/t21-;/m0./s1. The van der Waals surface area contributed by atoms with Crippen LogP contribution in [0.2, 0.25) is 0 Å². The van der Waals surface area contributed by atoms with Gasteiger partial charge in [0.15, 0.2) is 0 Å². The second-order valence-corrected chi connectivity index (χ2v) is 9.12. The highest BCUT2D eigenvalue weighted by atomic mass is 19.4. The van der Waals surface area contributed by atoms with Gasteiger partial charge in [-0.3, -0.25) is 4.79 Å². The first kappa shape index (κ1) is 29.3. The van der Waals surface area contributed by atoms with Crippen molar-refractivity contribution < 1.29 is 45.8 Å². The number of amides is 1. The number of hydrogen-bond donors (Lipinski definition) is 1. The van der Waals surface area contributed by atoms with Crippen LogP contribution < -0.4 is 4.74 Å². The van der Waals surface area contributed by atoms with E-state index in [0.29, 0.717) is 16.9 Å². The van der Waals surface area contributed by atoms with Crippen LogP contribution in [0.15, 0.2) is 48.5 Å². The van der Waals surface area contributed by atoms with E-state index < -0.39 is 23.9 Å². The zero-order valence-corrected chi connectivity index (χ0v) is 20.4. The Morgan fingerprint density at radius 3 is 2.13 bits per heavy atom. The molecular weight excluding hydrogens is 518 g/mol. The normalized spacial score (nSPS) is 18.2. The van der Waals surface area contributed by atoms with E-state index in [9.17, 15) is 31.1 Å². The number of carboxylic acids is 1. The van der Waals surface area contributed by atoms with E-state index in [0.717, 1.165) is 51.2 Å². The molecule has 2 fully saturated rings. The average Bonchev–Trinajstić information content (AvgIpc) is 3.55. The predicted octanol–water partition coefficient (Wildman–Crippen LogP) is 5.62. The maximum absolute atomic E-state index is 13.0. The largest absolute Gasteiger partial charge is 0.490 e. The number of benzene rings is 2. The summed E-state index contributed by atoms with van der Waals surface area (Å²) < 4.78 is 75.9. The van der Waals surface area contributed by atoms with Gasteiger partial charge in [0.2, 0.25) is 0 Å². The number of alkyl halides is 6. The number of carbonyl (C=O) groups excluding carboxylic acids is 1. The van der Waals surface area contributed by atoms with Crippen LogP contribution in [-0.2, 0) is 17.6 Å². The molecule has 208 valence electrons. The molecule has 0 saturated carbocycles. The summed E-state index contributed by atoms with van der Waals surface area (Å²) >= 11 is 0. The van der Waals surface area contributed by atoms with Crippen molar-refractivity contribution >= 4 is 11.9 Å². The number of ether oxygens (including phenoxy) is 1.